The summed E-state index contributed by atoms with van der Waals surface area (Å²) in [7, 11) is 1.65. The number of hydrogen-bond acceptors (Lipinski definition) is 10. The molecule has 0 radical (unpaired) electrons. The molecule has 20 heteroatoms. The van der Waals surface area contributed by atoms with Crippen molar-refractivity contribution in [1.29, 1.82) is 0 Å². The molecular formula is C36H35F8N9O2S. The monoisotopic (exact) mass is 809 g/mol. The van der Waals surface area contributed by atoms with Crippen molar-refractivity contribution in [2.45, 2.75) is 69.1 Å². The van der Waals surface area contributed by atoms with Crippen LogP contribution in [0.1, 0.15) is 44.0 Å². The summed E-state index contributed by atoms with van der Waals surface area (Å²) in [5, 5.41) is 24.9. The highest BCUT2D eigenvalue weighted by molar-refractivity contribution is 7.22. The molecule has 1 aliphatic heterocycles. The number of hydrazone groups is 1. The van der Waals surface area contributed by atoms with Crippen molar-refractivity contribution < 1.29 is 45.0 Å². The molecular weight excluding hydrogens is 775 g/mol. The second-order valence-electron chi connectivity index (χ2n) is 14.6. The molecule has 4 heterocycles. The number of pyridine rings is 1. The van der Waals surface area contributed by atoms with Crippen LogP contribution in [-0.2, 0) is 18.3 Å². The molecule has 0 saturated heterocycles. The number of halogens is 8. The van der Waals surface area contributed by atoms with Crippen molar-refractivity contribution in [3.8, 4) is 11.1 Å². The molecule has 56 heavy (non-hydrogen) atoms. The zero-order chi connectivity index (χ0) is 40.5. The summed E-state index contributed by atoms with van der Waals surface area (Å²) < 4.78 is 120. The van der Waals surface area contributed by atoms with E-state index in [1.807, 2.05) is 0 Å². The van der Waals surface area contributed by atoms with Gasteiger partial charge in [0.1, 0.15) is 29.9 Å². The summed E-state index contributed by atoms with van der Waals surface area (Å²) in [4.78, 5) is 23.2. The third-order valence-electron chi connectivity index (χ3n) is 9.70. The van der Waals surface area contributed by atoms with Crippen molar-refractivity contribution in [1.82, 2.24) is 30.1 Å². The number of fused-ring (bicyclic) bond motifs is 3. The van der Waals surface area contributed by atoms with Crippen LogP contribution in [0.3, 0.4) is 0 Å². The van der Waals surface area contributed by atoms with Gasteiger partial charge in [-0.15, -0.1) is 0 Å². The molecule has 3 atom stereocenters. The summed E-state index contributed by atoms with van der Waals surface area (Å²) in [6.07, 6.45) is -6.63. The van der Waals surface area contributed by atoms with Crippen LogP contribution < -0.4 is 16.4 Å². The van der Waals surface area contributed by atoms with E-state index in [9.17, 15) is 36.2 Å². The maximum atomic E-state index is 15.3. The molecule has 1 saturated carbocycles. The molecule has 2 aromatic carbocycles. The number of nitrogens with zero attached hydrogens (tertiary/aromatic N) is 6. The van der Waals surface area contributed by atoms with Gasteiger partial charge in [-0.25, -0.2) is 45.1 Å². The summed E-state index contributed by atoms with van der Waals surface area (Å²) in [5.41, 5.74) is 5.31. The maximum absolute atomic E-state index is 15.3. The van der Waals surface area contributed by atoms with Crippen LogP contribution in [0, 0.1) is 17.6 Å². The Morgan fingerprint density at radius 2 is 1.75 bits per heavy atom. The number of nitrogens with two attached hydrogens (primary N) is 1. The highest BCUT2D eigenvalue weighted by Crippen LogP contribution is 2.51. The van der Waals surface area contributed by atoms with Crippen LogP contribution in [0.15, 0.2) is 47.6 Å². The summed E-state index contributed by atoms with van der Waals surface area (Å²) in [5.74, 6) is -13.3. The Bertz CT molecular complexity index is 2340. The smallest absolute Gasteiger partial charge is 0.278 e. The second-order valence-corrected chi connectivity index (χ2v) is 15.6. The Labute approximate surface area is 317 Å². The van der Waals surface area contributed by atoms with Crippen molar-refractivity contribution >= 4 is 55.2 Å². The number of aryl methyl sites for hydroxylation is 1. The van der Waals surface area contributed by atoms with E-state index in [0.29, 0.717) is 37.9 Å². The second kappa shape index (κ2) is 14.1. The molecule has 5 aromatic rings. The first kappa shape index (κ1) is 39.1. The predicted octanol–water partition coefficient (Wildman–Crippen LogP) is 6.67. The molecule has 0 spiro atoms. The molecule has 2 unspecified atom stereocenters. The Balaban J connectivity index is 1.35. The van der Waals surface area contributed by atoms with E-state index in [2.05, 4.69) is 25.8 Å². The van der Waals surface area contributed by atoms with Crippen LogP contribution in [0.5, 0.6) is 0 Å². The standard InChI is InChI=1S/C36H35F8N9O2S/c1-34(2,55)15-46-33-49-32-23(56-33)13-21(19-5-4-6-20-28(19)52(3)51-31(20)45)26(48-32)22(11-16-9-17(37)12-18(38)10-16)47-24(54)14-53-29-25(27(50-53)30(39)40)35(41,42)7-8-36(29,43)44/h4-6,9-10,12-13,22,25,29-30,55H,7-8,11,14-15H2,1-3H3,(H2,45,51)(H,47,54)(H,46,48,49)/t22-,25?,29?/m0/s1. The average molecular weight is 810 g/mol. The van der Waals surface area contributed by atoms with E-state index in [0.717, 1.165) is 12.1 Å². The predicted molar refractivity (Wildman–Crippen MR) is 194 cm³/mol. The third-order valence-corrected chi connectivity index (χ3v) is 10.7. The minimum atomic E-state index is -3.95. The van der Waals surface area contributed by atoms with E-state index in [1.165, 1.54) is 16.0 Å². The van der Waals surface area contributed by atoms with Gasteiger partial charge in [-0.2, -0.15) is 10.2 Å². The number of nitrogen functional groups attached to an aromatic ring is 1. The van der Waals surface area contributed by atoms with E-state index in [4.69, 9.17) is 10.7 Å². The van der Waals surface area contributed by atoms with Gasteiger partial charge in [-0.3, -0.25) is 14.5 Å². The zero-order valence-corrected chi connectivity index (χ0v) is 30.8. The number of carbonyl (C=O) groups is 1. The number of carbonyl (C=O) groups excluding carboxylic acids is 1. The lowest BCUT2D eigenvalue weighted by Crippen LogP contribution is -2.59. The normalized spacial score (nSPS) is 19.7. The number of amides is 1. The molecule has 2 aliphatic rings. The number of aromatic nitrogens is 4. The lowest BCUT2D eigenvalue weighted by molar-refractivity contribution is -0.185. The number of hydrogen-bond donors (Lipinski definition) is 4. The number of alkyl halides is 6. The molecule has 3 aromatic heterocycles. The van der Waals surface area contributed by atoms with Gasteiger partial charge in [0.15, 0.2) is 16.6 Å². The van der Waals surface area contributed by atoms with E-state index < -0.39 is 84.5 Å². The topological polar surface area (TPSA) is 147 Å². The summed E-state index contributed by atoms with van der Waals surface area (Å²) in [6.45, 7) is 2.15. The van der Waals surface area contributed by atoms with Crippen LogP contribution in [-0.4, -0.2) is 84.5 Å². The fourth-order valence-corrected chi connectivity index (χ4v) is 8.19. The maximum Gasteiger partial charge on any atom is 0.278 e. The van der Waals surface area contributed by atoms with Crippen LogP contribution in [0.25, 0.3) is 32.4 Å². The number of aliphatic hydroxyl groups is 1. The Morgan fingerprint density at radius 3 is 2.43 bits per heavy atom. The third kappa shape index (κ3) is 7.55. The van der Waals surface area contributed by atoms with E-state index in [1.54, 1.807) is 45.2 Å². The van der Waals surface area contributed by atoms with Gasteiger partial charge in [0.2, 0.25) is 5.91 Å². The summed E-state index contributed by atoms with van der Waals surface area (Å²) >= 11 is 1.19. The minimum Gasteiger partial charge on any atom is -0.389 e. The fraction of sp³-hybridized carbons (Fsp3) is 0.417. The summed E-state index contributed by atoms with van der Waals surface area (Å²) in [6, 6.07) is 5.66. The van der Waals surface area contributed by atoms with Gasteiger partial charge in [0.25, 0.3) is 18.3 Å². The largest absolute Gasteiger partial charge is 0.389 e. The number of anilines is 2. The van der Waals surface area contributed by atoms with Crippen molar-refractivity contribution in [3.05, 3.63) is 65.4 Å². The molecule has 5 N–H and O–H groups in total. The fourth-order valence-electron chi connectivity index (χ4n) is 7.34. The minimum absolute atomic E-state index is 0.0344. The first-order valence-electron chi connectivity index (χ1n) is 17.3. The molecule has 1 amide bonds. The van der Waals surface area contributed by atoms with Crippen molar-refractivity contribution in [2.75, 3.05) is 24.1 Å². The van der Waals surface area contributed by atoms with Crippen LogP contribution in [0.4, 0.5) is 46.1 Å². The number of nitrogens with one attached hydrogen (secondary N) is 2. The quantitative estimate of drug-likeness (QED) is 0.108. The van der Waals surface area contributed by atoms with Gasteiger partial charge in [0.05, 0.1) is 33.5 Å². The van der Waals surface area contributed by atoms with Crippen molar-refractivity contribution in [2.24, 2.45) is 18.1 Å². The zero-order valence-electron chi connectivity index (χ0n) is 29.9. The highest BCUT2D eigenvalue weighted by Gasteiger charge is 2.66. The first-order chi connectivity index (χ1) is 26.2. The Morgan fingerprint density at radius 1 is 1.05 bits per heavy atom. The highest BCUT2D eigenvalue weighted by atomic mass is 32.1. The van der Waals surface area contributed by atoms with E-state index >= 15 is 8.78 Å². The molecule has 1 aliphatic carbocycles. The average Bonchev–Trinajstić information content (AvgIpc) is 3.78. The van der Waals surface area contributed by atoms with Crippen LogP contribution >= 0.6 is 11.3 Å². The SMILES string of the molecule is Cn1nc(N)c2cccc(-c3cc4sc(NCC(C)(C)O)nc4nc3[C@H](Cc3cc(F)cc(F)c3)NC(=O)CN3N=C(C(F)F)C4C3C(F)(F)CCC4(F)F)c21. The first-order valence-corrected chi connectivity index (χ1v) is 18.1. The number of thiazole rings is 1. The Kier molecular flexibility index (Phi) is 9.87. The molecule has 1 fully saturated rings. The lowest BCUT2D eigenvalue weighted by atomic mass is 9.76. The van der Waals surface area contributed by atoms with Gasteiger partial charge in [-0.05, 0) is 50.1 Å². The lowest BCUT2D eigenvalue weighted by Gasteiger charge is -2.41. The molecule has 298 valence electrons. The Hall–Kier alpha value is -5.11. The van der Waals surface area contributed by atoms with Crippen LogP contribution in [0.2, 0.25) is 0 Å². The molecule has 11 nitrogen and oxygen atoms in total. The molecule has 0 bridgehead atoms. The van der Waals surface area contributed by atoms with Gasteiger partial charge >= 0.3 is 0 Å². The number of para-hydroxylation sites is 1. The number of rotatable bonds is 11. The van der Waals surface area contributed by atoms with Gasteiger partial charge < -0.3 is 21.5 Å². The van der Waals surface area contributed by atoms with E-state index in [-0.39, 0.29) is 40.7 Å². The van der Waals surface area contributed by atoms with Gasteiger partial charge in [-0.1, -0.05) is 23.5 Å². The van der Waals surface area contributed by atoms with Crippen molar-refractivity contribution in [3.63, 3.8) is 0 Å². The number of benzene rings is 2. The van der Waals surface area contributed by atoms with Gasteiger partial charge in [0, 0.05) is 49.0 Å². The molecule has 7 rings (SSSR count).